The van der Waals surface area contributed by atoms with Crippen LogP contribution in [0.4, 0.5) is 0 Å². The molecule has 0 saturated carbocycles. The molecule has 0 N–H and O–H groups in total. The van der Waals surface area contributed by atoms with Gasteiger partial charge in [-0.3, -0.25) is 4.21 Å². The van der Waals surface area contributed by atoms with Crippen molar-refractivity contribution in [1.82, 2.24) is 0 Å². The Labute approximate surface area is 99.3 Å². The highest BCUT2D eigenvalue weighted by Gasteiger charge is 2.04. The number of hydrogen-bond donors (Lipinski definition) is 0. The number of hydrogen-bond acceptors (Lipinski definition) is 1. The van der Waals surface area contributed by atoms with Gasteiger partial charge in [-0.25, -0.2) is 0 Å². The van der Waals surface area contributed by atoms with Gasteiger partial charge < -0.3 is 0 Å². The normalized spacial score (nSPS) is 13.1. The molecular formula is C12H17ClOS. The molecule has 15 heavy (non-hydrogen) atoms. The maximum absolute atomic E-state index is 11.8. The van der Waals surface area contributed by atoms with Crippen LogP contribution in [0.2, 0.25) is 0 Å². The summed E-state index contributed by atoms with van der Waals surface area (Å²) in [5.74, 6) is 1.87. The first kappa shape index (κ1) is 12.7. The zero-order valence-corrected chi connectivity index (χ0v) is 10.8. The van der Waals surface area contributed by atoms with Gasteiger partial charge in [-0.05, 0) is 30.0 Å². The third kappa shape index (κ3) is 4.35. The van der Waals surface area contributed by atoms with E-state index in [2.05, 4.69) is 13.8 Å². The standard InChI is InChI=1S/C12H17ClOS/c1-10(2)7-8-15(14)12-5-3-11(9-13)4-6-12/h3-6,10H,7-9H2,1-2H3. The molecule has 0 saturated heterocycles. The van der Waals surface area contributed by atoms with Crippen molar-refractivity contribution in [2.45, 2.75) is 31.0 Å². The number of benzene rings is 1. The van der Waals surface area contributed by atoms with E-state index >= 15 is 0 Å². The lowest BCUT2D eigenvalue weighted by Gasteiger charge is -2.05. The molecule has 0 aliphatic rings. The summed E-state index contributed by atoms with van der Waals surface area (Å²) in [6.07, 6.45) is 1.00. The summed E-state index contributed by atoms with van der Waals surface area (Å²) in [6.45, 7) is 4.29. The van der Waals surface area contributed by atoms with E-state index in [1.165, 1.54) is 0 Å². The molecule has 0 aliphatic heterocycles. The zero-order valence-electron chi connectivity index (χ0n) is 9.20. The molecule has 1 unspecified atom stereocenters. The average molecular weight is 245 g/mol. The van der Waals surface area contributed by atoms with Crippen LogP contribution in [0.3, 0.4) is 0 Å². The summed E-state index contributed by atoms with van der Waals surface area (Å²) in [7, 11) is -0.857. The Morgan fingerprint density at radius 1 is 1.27 bits per heavy atom. The van der Waals surface area contributed by atoms with Crippen LogP contribution >= 0.6 is 11.6 Å². The van der Waals surface area contributed by atoms with Crippen LogP contribution in [-0.4, -0.2) is 9.96 Å². The molecule has 0 fully saturated rings. The van der Waals surface area contributed by atoms with Crippen molar-refractivity contribution >= 4 is 22.4 Å². The van der Waals surface area contributed by atoms with Crippen LogP contribution in [-0.2, 0) is 16.7 Å². The fourth-order valence-electron chi connectivity index (χ4n) is 1.19. The predicted molar refractivity (Wildman–Crippen MR) is 66.7 cm³/mol. The van der Waals surface area contributed by atoms with Gasteiger partial charge in [0.15, 0.2) is 0 Å². The van der Waals surface area contributed by atoms with Gasteiger partial charge in [-0.2, -0.15) is 0 Å². The third-order valence-electron chi connectivity index (χ3n) is 2.22. The third-order valence-corrected chi connectivity index (χ3v) is 3.93. The predicted octanol–water partition coefficient (Wildman–Crippen LogP) is 3.58. The Morgan fingerprint density at radius 3 is 2.33 bits per heavy atom. The quantitative estimate of drug-likeness (QED) is 0.724. The Morgan fingerprint density at radius 2 is 1.87 bits per heavy atom. The van der Waals surface area contributed by atoms with Gasteiger partial charge in [0.2, 0.25) is 0 Å². The minimum absolute atomic E-state index is 0.513. The van der Waals surface area contributed by atoms with E-state index < -0.39 is 10.8 Å². The van der Waals surface area contributed by atoms with Crippen molar-refractivity contribution in [3.05, 3.63) is 29.8 Å². The Bertz CT molecular complexity index is 319. The Hall–Kier alpha value is -0.340. The molecule has 1 rings (SSSR count). The van der Waals surface area contributed by atoms with Crippen molar-refractivity contribution in [2.24, 2.45) is 5.92 Å². The van der Waals surface area contributed by atoms with E-state index in [4.69, 9.17) is 11.6 Å². The topological polar surface area (TPSA) is 17.1 Å². The van der Waals surface area contributed by atoms with Gasteiger partial charge in [0.05, 0.1) is 10.8 Å². The molecule has 1 atom stereocenters. The van der Waals surface area contributed by atoms with Crippen molar-refractivity contribution in [3.63, 3.8) is 0 Å². The monoisotopic (exact) mass is 244 g/mol. The second kappa shape index (κ2) is 6.29. The minimum atomic E-state index is -0.857. The molecule has 1 nitrogen and oxygen atoms in total. The van der Waals surface area contributed by atoms with Crippen LogP contribution in [0.15, 0.2) is 29.2 Å². The second-order valence-electron chi connectivity index (χ2n) is 4.01. The van der Waals surface area contributed by atoms with E-state index in [0.29, 0.717) is 11.8 Å². The van der Waals surface area contributed by atoms with Crippen LogP contribution in [0.5, 0.6) is 0 Å². The number of rotatable bonds is 5. The first-order valence-corrected chi connectivity index (χ1v) is 7.02. The molecule has 1 aromatic rings. The van der Waals surface area contributed by atoms with E-state index in [1.807, 2.05) is 24.3 Å². The van der Waals surface area contributed by atoms with Crippen molar-refractivity contribution in [1.29, 1.82) is 0 Å². The summed E-state index contributed by atoms with van der Waals surface area (Å²) in [6, 6.07) is 7.70. The molecule has 3 heteroatoms. The molecule has 0 spiro atoms. The zero-order chi connectivity index (χ0) is 11.3. The lowest BCUT2D eigenvalue weighted by molar-refractivity contribution is 0.619. The number of alkyl halides is 1. The van der Waals surface area contributed by atoms with Gasteiger partial charge in [0.1, 0.15) is 0 Å². The highest BCUT2D eigenvalue weighted by atomic mass is 35.5. The SMILES string of the molecule is CC(C)CCS(=O)c1ccc(CCl)cc1. The van der Waals surface area contributed by atoms with E-state index in [-0.39, 0.29) is 0 Å². The van der Waals surface area contributed by atoms with E-state index in [1.54, 1.807) is 0 Å². The van der Waals surface area contributed by atoms with Crippen molar-refractivity contribution in [3.8, 4) is 0 Å². The number of halogens is 1. The highest BCUT2D eigenvalue weighted by Crippen LogP contribution is 2.12. The molecule has 84 valence electrons. The fraction of sp³-hybridized carbons (Fsp3) is 0.500. The highest BCUT2D eigenvalue weighted by molar-refractivity contribution is 7.85. The van der Waals surface area contributed by atoms with Gasteiger partial charge in [-0.1, -0.05) is 26.0 Å². The van der Waals surface area contributed by atoms with Gasteiger partial charge in [-0.15, -0.1) is 11.6 Å². The van der Waals surface area contributed by atoms with E-state index in [9.17, 15) is 4.21 Å². The summed E-state index contributed by atoms with van der Waals surface area (Å²) in [4.78, 5) is 0.907. The van der Waals surface area contributed by atoms with Crippen LogP contribution in [0, 0.1) is 5.92 Å². The van der Waals surface area contributed by atoms with E-state index in [0.717, 1.165) is 22.6 Å². The van der Waals surface area contributed by atoms with Crippen LogP contribution in [0.1, 0.15) is 25.8 Å². The average Bonchev–Trinajstić information content (AvgIpc) is 2.26. The molecule has 1 aromatic carbocycles. The molecule has 0 radical (unpaired) electrons. The Balaban J connectivity index is 2.58. The van der Waals surface area contributed by atoms with Gasteiger partial charge >= 0.3 is 0 Å². The van der Waals surface area contributed by atoms with Crippen molar-refractivity contribution in [2.75, 3.05) is 5.75 Å². The van der Waals surface area contributed by atoms with Crippen LogP contribution < -0.4 is 0 Å². The first-order chi connectivity index (χ1) is 7.13. The molecule has 0 aliphatic carbocycles. The lowest BCUT2D eigenvalue weighted by atomic mass is 10.2. The smallest absolute Gasteiger partial charge is 0.0529 e. The fourth-order valence-corrected chi connectivity index (χ4v) is 2.73. The molecule has 0 aromatic heterocycles. The van der Waals surface area contributed by atoms with Crippen molar-refractivity contribution < 1.29 is 4.21 Å². The Kier molecular flexibility index (Phi) is 5.34. The summed E-state index contributed by atoms with van der Waals surface area (Å²) < 4.78 is 11.8. The summed E-state index contributed by atoms with van der Waals surface area (Å²) in [5, 5.41) is 0. The summed E-state index contributed by atoms with van der Waals surface area (Å²) in [5.41, 5.74) is 1.07. The first-order valence-electron chi connectivity index (χ1n) is 5.16. The maximum atomic E-state index is 11.8. The van der Waals surface area contributed by atoms with Gasteiger partial charge in [0.25, 0.3) is 0 Å². The lowest BCUT2D eigenvalue weighted by Crippen LogP contribution is -2.01. The summed E-state index contributed by atoms with van der Waals surface area (Å²) >= 11 is 5.69. The van der Waals surface area contributed by atoms with Gasteiger partial charge in [0, 0.05) is 16.5 Å². The largest absolute Gasteiger partial charge is 0.254 e. The maximum Gasteiger partial charge on any atom is 0.0529 e. The molecule has 0 bridgehead atoms. The molecular weight excluding hydrogens is 228 g/mol. The molecule has 0 heterocycles. The minimum Gasteiger partial charge on any atom is -0.254 e. The van der Waals surface area contributed by atoms with Crippen LogP contribution in [0.25, 0.3) is 0 Å². The second-order valence-corrected chi connectivity index (χ2v) is 5.85. The molecule has 0 amide bonds.